The Morgan fingerprint density at radius 2 is 1.96 bits per heavy atom. The SMILES string of the molecule is COC(=O)[C@@H]1CCCN1S(=O)(=O)c1ccc(C)c(C(=O)O)c1C. The lowest BCUT2D eigenvalue weighted by atomic mass is 10.0. The number of methoxy groups -OCH3 is 1. The number of carboxylic acids is 1. The van der Waals surface area contributed by atoms with Gasteiger partial charge in [0.15, 0.2) is 0 Å². The summed E-state index contributed by atoms with van der Waals surface area (Å²) in [5, 5.41) is 9.30. The molecule has 126 valence electrons. The second kappa shape index (κ2) is 6.29. The van der Waals surface area contributed by atoms with Crippen LogP contribution in [0.4, 0.5) is 0 Å². The Bertz CT molecular complexity index is 755. The van der Waals surface area contributed by atoms with E-state index in [4.69, 9.17) is 0 Å². The number of aromatic carboxylic acids is 1. The van der Waals surface area contributed by atoms with Crippen molar-refractivity contribution in [2.45, 2.75) is 37.6 Å². The lowest BCUT2D eigenvalue weighted by Gasteiger charge is -2.23. The number of carboxylic acid groups (broad SMARTS) is 1. The molecule has 1 aromatic carbocycles. The molecule has 0 aliphatic carbocycles. The van der Waals surface area contributed by atoms with Crippen LogP contribution in [0.3, 0.4) is 0 Å². The van der Waals surface area contributed by atoms with Crippen LogP contribution in [-0.4, -0.2) is 49.5 Å². The van der Waals surface area contributed by atoms with Gasteiger partial charge in [-0.2, -0.15) is 4.31 Å². The molecule has 2 rings (SSSR count). The molecule has 1 aliphatic heterocycles. The summed E-state index contributed by atoms with van der Waals surface area (Å²) in [5.74, 6) is -1.78. The van der Waals surface area contributed by atoms with Crippen LogP contribution in [0.1, 0.15) is 34.3 Å². The van der Waals surface area contributed by atoms with E-state index in [-0.39, 0.29) is 22.6 Å². The minimum Gasteiger partial charge on any atom is -0.478 e. The van der Waals surface area contributed by atoms with Crippen LogP contribution in [0.5, 0.6) is 0 Å². The molecule has 1 fully saturated rings. The minimum atomic E-state index is -3.98. The van der Waals surface area contributed by atoms with Gasteiger partial charge in [-0.1, -0.05) is 6.07 Å². The normalized spacial score (nSPS) is 18.8. The van der Waals surface area contributed by atoms with Gasteiger partial charge in [-0.25, -0.2) is 13.2 Å². The number of carbonyl (C=O) groups excluding carboxylic acids is 1. The molecule has 8 heteroatoms. The molecule has 23 heavy (non-hydrogen) atoms. The smallest absolute Gasteiger partial charge is 0.336 e. The zero-order valence-electron chi connectivity index (χ0n) is 13.2. The number of aryl methyl sites for hydroxylation is 1. The number of benzene rings is 1. The van der Waals surface area contributed by atoms with E-state index in [1.807, 2.05) is 0 Å². The predicted octanol–water partition coefficient (Wildman–Crippen LogP) is 1.33. The van der Waals surface area contributed by atoms with Crippen molar-refractivity contribution in [3.8, 4) is 0 Å². The summed E-state index contributed by atoms with van der Waals surface area (Å²) in [6, 6.07) is 1.99. The Labute approximate surface area is 134 Å². The molecule has 0 saturated carbocycles. The number of sulfonamides is 1. The predicted molar refractivity (Wildman–Crippen MR) is 81.8 cm³/mol. The summed E-state index contributed by atoms with van der Waals surface area (Å²) in [6.45, 7) is 3.28. The van der Waals surface area contributed by atoms with Gasteiger partial charge in [-0.05, 0) is 43.9 Å². The lowest BCUT2D eigenvalue weighted by molar-refractivity contribution is -0.144. The van der Waals surface area contributed by atoms with Crippen LogP contribution in [0.2, 0.25) is 0 Å². The first kappa shape index (κ1) is 17.4. The van der Waals surface area contributed by atoms with Crippen LogP contribution >= 0.6 is 0 Å². The number of hydrogen-bond acceptors (Lipinski definition) is 5. The maximum Gasteiger partial charge on any atom is 0.336 e. The van der Waals surface area contributed by atoms with Crippen LogP contribution in [0, 0.1) is 13.8 Å². The summed E-state index contributed by atoms with van der Waals surface area (Å²) in [4.78, 5) is 23.1. The van der Waals surface area contributed by atoms with Crippen LogP contribution in [-0.2, 0) is 19.6 Å². The van der Waals surface area contributed by atoms with Crippen molar-refractivity contribution < 1.29 is 27.9 Å². The van der Waals surface area contributed by atoms with Crippen LogP contribution in [0.15, 0.2) is 17.0 Å². The van der Waals surface area contributed by atoms with E-state index in [9.17, 15) is 23.1 Å². The largest absolute Gasteiger partial charge is 0.478 e. The van der Waals surface area contributed by atoms with Gasteiger partial charge >= 0.3 is 11.9 Å². The molecule has 0 unspecified atom stereocenters. The molecular formula is C15H19NO6S. The maximum absolute atomic E-state index is 12.9. The molecule has 7 nitrogen and oxygen atoms in total. The molecule has 1 heterocycles. The monoisotopic (exact) mass is 341 g/mol. The molecular weight excluding hydrogens is 322 g/mol. The third-order valence-corrected chi connectivity index (χ3v) is 6.15. The number of rotatable bonds is 4. The number of esters is 1. The van der Waals surface area contributed by atoms with E-state index in [0.717, 1.165) is 4.31 Å². The fraction of sp³-hybridized carbons (Fsp3) is 0.467. The molecule has 0 radical (unpaired) electrons. The quantitative estimate of drug-likeness (QED) is 0.829. The van der Waals surface area contributed by atoms with Gasteiger partial charge in [0.05, 0.1) is 17.6 Å². The Kier molecular flexibility index (Phi) is 4.76. The van der Waals surface area contributed by atoms with Crippen molar-refractivity contribution in [2.24, 2.45) is 0 Å². The average Bonchev–Trinajstić information content (AvgIpc) is 2.96. The molecule has 0 spiro atoms. The molecule has 1 N–H and O–H groups in total. The van der Waals surface area contributed by atoms with Crippen molar-refractivity contribution in [3.05, 3.63) is 28.8 Å². The van der Waals surface area contributed by atoms with E-state index in [0.29, 0.717) is 18.4 Å². The van der Waals surface area contributed by atoms with Crippen molar-refractivity contribution in [1.29, 1.82) is 0 Å². The molecule has 1 aromatic rings. The zero-order chi connectivity index (χ0) is 17.4. The van der Waals surface area contributed by atoms with Gasteiger partial charge < -0.3 is 9.84 Å². The highest BCUT2D eigenvalue weighted by Gasteiger charge is 2.41. The van der Waals surface area contributed by atoms with E-state index in [1.54, 1.807) is 6.92 Å². The fourth-order valence-electron chi connectivity index (χ4n) is 2.96. The van der Waals surface area contributed by atoms with E-state index in [1.165, 1.54) is 26.2 Å². The Morgan fingerprint density at radius 3 is 2.52 bits per heavy atom. The third-order valence-electron chi connectivity index (χ3n) is 4.10. The molecule has 1 saturated heterocycles. The van der Waals surface area contributed by atoms with Gasteiger partial charge in [0.2, 0.25) is 10.0 Å². The van der Waals surface area contributed by atoms with Gasteiger partial charge in [0, 0.05) is 6.54 Å². The van der Waals surface area contributed by atoms with Crippen LogP contribution in [0.25, 0.3) is 0 Å². The Balaban J connectivity index is 2.55. The number of ether oxygens (including phenoxy) is 1. The first-order chi connectivity index (χ1) is 10.7. The molecule has 0 aromatic heterocycles. The number of nitrogens with zero attached hydrogens (tertiary/aromatic N) is 1. The third kappa shape index (κ3) is 2.96. The van der Waals surface area contributed by atoms with Crippen molar-refractivity contribution in [1.82, 2.24) is 4.31 Å². The summed E-state index contributed by atoms with van der Waals surface area (Å²) < 4.78 is 31.6. The first-order valence-corrected chi connectivity index (χ1v) is 8.59. The first-order valence-electron chi connectivity index (χ1n) is 7.15. The summed E-state index contributed by atoms with van der Waals surface area (Å²) in [6.07, 6.45) is 0.943. The summed E-state index contributed by atoms with van der Waals surface area (Å²) in [5.41, 5.74) is 0.632. The highest BCUT2D eigenvalue weighted by Crippen LogP contribution is 2.30. The second-order valence-electron chi connectivity index (χ2n) is 5.48. The topological polar surface area (TPSA) is 101 Å². The number of carbonyl (C=O) groups is 2. The molecule has 0 amide bonds. The van der Waals surface area contributed by atoms with E-state index < -0.39 is 28.0 Å². The fourth-order valence-corrected chi connectivity index (χ4v) is 4.84. The second-order valence-corrected chi connectivity index (χ2v) is 7.34. The lowest BCUT2D eigenvalue weighted by Crippen LogP contribution is -2.41. The molecule has 1 aliphatic rings. The maximum atomic E-state index is 12.9. The summed E-state index contributed by atoms with van der Waals surface area (Å²) in [7, 11) is -2.76. The van der Waals surface area contributed by atoms with Crippen molar-refractivity contribution in [3.63, 3.8) is 0 Å². The van der Waals surface area contributed by atoms with Crippen molar-refractivity contribution >= 4 is 22.0 Å². The molecule has 0 bridgehead atoms. The average molecular weight is 341 g/mol. The minimum absolute atomic E-state index is 0.0279. The van der Waals surface area contributed by atoms with E-state index in [2.05, 4.69) is 4.74 Å². The van der Waals surface area contributed by atoms with Crippen LogP contribution < -0.4 is 0 Å². The standard InChI is InChI=1S/C15H19NO6S/c1-9-6-7-12(10(2)13(9)14(17)18)23(20,21)16-8-4-5-11(16)15(19)22-3/h6-7,11H,4-5,8H2,1-3H3,(H,17,18)/t11-/m0/s1. The molecule has 1 atom stereocenters. The Morgan fingerprint density at radius 1 is 1.30 bits per heavy atom. The zero-order valence-corrected chi connectivity index (χ0v) is 14.0. The Hall–Kier alpha value is -1.93. The van der Waals surface area contributed by atoms with Gasteiger partial charge in [-0.15, -0.1) is 0 Å². The van der Waals surface area contributed by atoms with Gasteiger partial charge in [0.25, 0.3) is 0 Å². The van der Waals surface area contributed by atoms with Crippen molar-refractivity contribution in [2.75, 3.05) is 13.7 Å². The highest BCUT2D eigenvalue weighted by atomic mass is 32.2. The van der Waals surface area contributed by atoms with Gasteiger partial charge in [0.1, 0.15) is 6.04 Å². The van der Waals surface area contributed by atoms with Gasteiger partial charge in [-0.3, -0.25) is 4.79 Å². The number of hydrogen-bond donors (Lipinski definition) is 1. The summed E-state index contributed by atoms with van der Waals surface area (Å²) >= 11 is 0. The highest BCUT2D eigenvalue weighted by molar-refractivity contribution is 7.89. The van der Waals surface area contributed by atoms with E-state index >= 15 is 0 Å².